The van der Waals surface area contributed by atoms with Gasteiger partial charge in [-0.3, -0.25) is 4.90 Å². The third-order valence-electron chi connectivity index (χ3n) is 5.68. The smallest absolute Gasteiger partial charge is 0.0345 e. The van der Waals surface area contributed by atoms with Crippen molar-refractivity contribution in [3.63, 3.8) is 0 Å². The second-order valence-electron chi connectivity index (χ2n) is 6.95. The van der Waals surface area contributed by atoms with Gasteiger partial charge in [0.05, 0.1) is 0 Å². The highest BCUT2D eigenvalue weighted by Crippen LogP contribution is 2.34. The molecular formula is C19H30N2. The summed E-state index contributed by atoms with van der Waals surface area (Å²) in [5, 5.41) is 3.76. The summed E-state index contributed by atoms with van der Waals surface area (Å²) in [6.45, 7) is 4.55. The molecule has 2 nitrogen and oxygen atoms in total. The lowest BCUT2D eigenvalue weighted by Gasteiger charge is -2.40. The minimum absolute atomic E-state index is 0.568. The van der Waals surface area contributed by atoms with Gasteiger partial charge in [0.25, 0.3) is 0 Å². The molecule has 2 saturated heterocycles. The molecule has 1 aromatic carbocycles. The first-order valence-electron chi connectivity index (χ1n) is 8.78. The van der Waals surface area contributed by atoms with Crippen molar-refractivity contribution < 1.29 is 0 Å². The Morgan fingerprint density at radius 2 is 1.71 bits per heavy atom. The van der Waals surface area contributed by atoms with Gasteiger partial charge in [-0.15, -0.1) is 0 Å². The Kier molecular flexibility index (Phi) is 4.66. The molecule has 0 aliphatic carbocycles. The van der Waals surface area contributed by atoms with E-state index in [2.05, 4.69) is 55.4 Å². The Morgan fingerprint density at radius 1 is 1.10 bits per heavy atom. The Balaban J connectivity index is 1.72. The lowest BCUT2D eigenvalue weighted by molar-refractivity contribution is 0.121. The Bertz CT molecular complexity index is 441. The van der Waals surface area contributed by atoms with Gasteiger partial charge in [-0.2, -0.15) is 0 Å². The fourth-order valence-electron chi connectivity index (χ4n) is 4.35. The topological polar surface area (TPSA) is 15.3 Å². The summed E-state index contributed by atoms with van der Waals surface area (Å²) < 4.78 is 0. The van der Waals surface area contributed by atoms with Crippen molar-refractivity contribution in [2.75, 3.05) is 7.05 Å². The van der Waals surface area contributed by atoms with Gasteiger partial charge in [0, 0.05) is 24.2 Å². The Morgan fingerprint density at radius 3 is 2.24 bits per heavy atom. The van der Waals surface area contributed by atoms with Gasteiger partial charge >= 0.3 is 0 Å². The fraction of sp³-hybridized carbons (Fsp3) is 0.684. The molecule has 3 unspecified atom stereocenters. The van der Waals surface area contributed by atoms with Crippen LogP contribution in [0, 0.1) is 0 Å². The van der Waals surface area contributed by atoms with Crippen molar-refractivity contribution in [1.29, 1.82) is 0 Å². The normalized spacial score (nSPS) is 29.8. The first-order valence-corrected chi connectivity index (χ1v) is 8.78. The predicted molar refractivity (Wildman–Crippen MR) is 89.6 cm³/mol. The summed E-state index contributed by atoms with van der Waals surface area (Å²) in [5.74, 6) is 0. The number of nitrogens with zero attached hydrogens (tertiary/aromatic N) is 1. The van der Waals surface area contributed by atoms with Crippen LogP contribution in [0.2, 0.25) is 0 Å². The first-order chi connectivity index (χ1) is 10.2. The molecule has 0 radical (unpaired) electrons. The molecule has 21 heavy (non-hydrogen) atoms. The zero-order chi connectivity index (χ0) is 14.8. The van der Waals surface area contributed by atoms with Crippen molar-refractivity contribution in [3.05, 3.63) is 35.4 Å². The van der Waals surface area contributed by atoms with Gasteiger partial charge in [-0.1, -0.05) is 38.1 Å². The Hall–Kier alpha value is -0.860. The summed E-state index contributed by atoms with van der Waals surface area (Å²) >= 11 is 0. The minimum Gasteiger partial charge on any atom is -0.311 e. The quantitative estimate of drug-likeness (QED) is 0.882. The fourth-order valence-corrected chi connectivity index (χ4v) is 4.35. The molecule has 2 bridgehead atoms. The van der Waals surface area contributed by atoms with Gasteiger partial charge in [-0.25, -0.2) is 0 Å². The molecule has 2 fully saturated rings. The van der Waals surface area contributed by atoms with Crippen LogP contribution in [0.3, 0.4) is 0 Å². The Labute approximate surface area is 129 Å². The lowest BCUT2D eigenvalue weighted by Crippen LogP contribution is -2.47. The van der Waals surface area contributed by atoms with Crippen LogP contribution in [0.1, 0.15) is 63.1 Å². The van der Waals surface area contributed by atoms with Gasteiger partial charge in [0.2, 0.25) is 0 Å². The van der Waals surface area contributed by atoms with Crippen LogP contribution in [0.15, 0.2) is 24.3 Å². The van der Waals surface area contributed by atoms with Crippen molar-refractivity contribution in [2.24, 2.45) is 0 Å². The van der Waals surface area contributed by atoms with Gasteiger partial charge < -0.3 is 5.32 Å². The molecule has 116 valence electrons. The van der Waals surface area contributed by atoms with Crippen LogP contribution < -0.4 is 5.32 Å². The highest BCUT2D eigenvalue weighted by Gasteiger charge is 2.36. The van der Waals surface area contributed by atoms with Crippen LogP contribution in [-0.2, 0) is 6.42 Å². The van der Waals surface area contributed by atoms with Crippen molar-refractivity contribution >= 4 is 0 Å². The number of rotatable bonds is 5. The van der Waals surface area contributed by atoms with E-state index in [0.29, 0.717) is 6.04 Å². The number of nitrogens with one attached hydrogen (secondary N) is 1. The predicted octanol–water partition coefficient (Wildman–Crippen LogP) is 3.91. The number of hydrogen-bond acceptors (Lipinski definition) is 2. The summed E-state index contributed by atoms with van der Waals surface area (Å²) in [6, 6.07) is 12.2. The second kappa shape index (κ2) is 6.50. The number of aryl methyl sites for hydroxylation is 1. The van der Waals surface area contributed by atoms with Crippen LogP contribution in [0.25, 0.3) is 0 Å². The zero-order valence-electron chi connectivity index (χ0n) is 13.8. The summed E-state index contributed by atoms with van der Waals surface area (Å²) in [6.07, 6.45) is 7.76. The van der Waals surface area contributed by atoms with Crippen molar-refractivity contribution in [3.8, 4) is 0 Å². The maximum absolute atomic E-state index is 3.76. The number of fused-ring (bicyclic) bond motifs is 2. The standard InChI is InChI=1S/C19H30N2/c1-4-14-6-8-15(9-7-14)19(5-2)21(3)18-12-16-10-11-17(13-18)20-16/h6-9,16-20H,4-5,10-13H2,1-3H3. The van der Waals surface area contributed by atoms with Crippen molar-refractivity contribution in [1.82, 2.24) is 10.2 Å². The lowest BCUT2D eigenvalue weighted by atomic mass is 9.94. The molecule has 2 aliphatic rings. The number of hydrogen-bond donors (Lipinski definition) is 1. The van der Waals surface area contributed by atoms with E-state index < -0.39 is 0 Å². The number of benzene rings is 1. The summed E-state index contributed by atoms with van der Waals surface area (Å²) in [7, 11) is 2.34. The second-order valence-corrected chi connectivity index (χ2v) is 6.95. The molecule has 2 heteroatoms. The highest BCUT2D eigenvalue weighted by atomic mass is 15.2. The van der Waals surface area contributed by atoms with E-state index in [1.807, 2.05) is 0 Å². The maximum Gasteiger partial charge on any atom is 0.0345 e. The van der Waals surface area contributed by atoms with E-state index in [1.54, 1.807) is 0 Å². The van der Waals surface area contributed by atoms with Crippen LogP contribution in [-0.4, -0.2) is 30.1 Å². The molecule has 2 aliphatic heterocycles. The third-order valence-corrected chi connectivity index (χ3v) is 5.68. The summed E-state index contributed by atoms with van der Waals surface area (Å²) in [4.78, 5) is 2.66. The highest BCUT2D eigenvalue weighted by molar-refractivity contribution is 5.25. The van der Waals surface area contributed by atoms with E-state index in [0.717, 1.165) is 24.5 Å². The van der Waals surface area contributed by atoms with Gasteiger partial charge in [0.1, 0.15) is 0 Å². The van der Waals surface area contributed by atoms with Crippen LogP contribution in [0.5, 0.6) is 0 Å². The SMILES string of the molecule is CCc1ccc(C(CC)N(C)C2CC3CCC(C2)N3)cc1. The molecule has 0 aromatic heterocycles. The van der Waals surface area contributed by atoms with Gasteiger partial charge in [-0.05, 0) is 56.7 Å². The van der Waals surface area contributed by atoms with Crippen molar-refractivity contribution in [2.45, 2.75) is 76.5 Å². The molecule has 3 rings (SSSR count). The van der Waals surface area contributed by atoms with Crippen LogP contribution >= 0.6 is 0 Å². The van der Waals surface area contributed by atoms with Crippen LogP contribution in [0.4, 0.5) is 0 Å². The zero-order valence-corrected chi connectivity index (χ0v) is 13.8. The molecule has 2 heterocycles. The monoisotopic (exact) mass is 286 g/mol. The third kappa shape index (κ3) is 3.17. The van der Waals surface area contributed by atoms with E-state index in [4.69, 9.17) is 0 Å². The molecule has 1 aromatic rings. The van der Waals surface area contributed by atoms with E-state index in [-0.39, 0.29) is 0 Å². The molecule has 0 amide bonds. The molecular weight excluding hydrogens is 256 g/mol. The molecule has 0 saturated carbocycles. The van der Waals surface area contributed by atoms with E-state index in [1.165, 1.54) is 43.2 Å². The molecule has 0 spiro atoms. The maximum atomic E-state index is 3.76. The van der Waals surface area contributed by atoms with Gasteiger partial charge in [0.15, 0.2) is 0 Å². The van der Waals surface area contributed by atoms with E-state index in [9.17, 15) is 0 Å². The molecule has 3 atom stereocenters. The molecule has 1 N–H and O–H groups in total. The first kappa shape index (κ1) is 15.1. The number of piperidine rings is 1. The summed E-state index contributed by atoms with van der Waals surface area (Å²) in [5.41, 5.74) is 2.93. The van der Waals surface area contributed by atoms with E-state index >= 15 is 0 Å². The largest absolute Gasteiger partial charge is 0.311 e. The average molecular weight is 286 g/mol. The minimum atomic E-state index is 0.568. The average Bonchev–Trinajstić information content (AvgIpc) is 2.86.